The summed E-state index contributed by atoms with van der Waals surface area (Å²) in [6, 6.07) is 13.7. The molecule has 1 fully saturated rings. The highest BCUT2D eigenvalue weighted by molar-refractivity contribution is 5.81. The van der Waals surface area contributed by atoms with Crippen LogP contribution in [0.5, 0.6) is 17.2 Å². The summed E-state index contributed by atoms with van der Waals surface area (Å²) in [5.74, 6) is 2.41. The van der Waals surface area contributed by atoms with Gasteiger partial charge in [0.2, 0.25) is 0 Å². The second-order valence-electron chi connectivity index (χ2n) is 9.53. The Labute approximate surface area is 207 Å². The Morgan fingerprint density at radius 1 is 1.23 bits per heavy atom. The number of amides is 1. The molecule has 1 amide bonds. The highest BCUT2D eigenvalue weighted by Crippen LogP contribution is 2.33. The van der Waals surface area contributed by atoms with Crippen LogP contribution in [0, 0.1) is 5.92 Å². The van der Waals surface area contributed by atoms with Crippen LogP contribution in [-0.2, 0) is 22.6 Å². The topological polar surface area (TPSA) is 80.7 Å². The van der Waals surface area contributed by atoms with Crippen LogP contribution in [-0.4, -0.2) is 79.6 Å². The Bertz CT molecular complexity index is 997. The normalized spacial score (nSPS) is 20.0. The van der Waals surface area contributed by atoms with Gasteiger partial charge in [0.1, 0.15) is 18.5 Å². The van der Waals surface area contributed by atoms with Crippen molar-refractivity contribution >= 4 is 5.91 Å². The second kappa shape index (κ2) is 11.7. The highest BCUT2D eigenvalue weighted by atomic mass is 16.6. The number of hydrogen-bond acceptors (Lipinski definition) is 7. The van der Waals surface area contributed by atoms with Crippen LogP contribution in [0.3, 0.4) is 0 Å². The predicted molar refractivity (Wildman–Crippen MR) is 132 cm³/mol. The first-order chi connectivity index (χ1) is 17.0. The minimum atomic E-state index is -0.520. The second-order valence-corrected chi connectivity index (χ2v) is 9.53. The first-order valence-corrected chi connectivity index (χ1v) is 12.2. The molecule has 190 valence electrons. The molecule has 8 heteroatoms. The Kier molecular flexibility index (Phi) is 8.49. The molecule has 0 aromatic heterocycles. The van der Waals surface area contributed by atoms with Crippen molar-refractivity contribution in [1.82, 2.24) is 9.80 Å². The Hall–Kier alpha value is -2.81. The monoisotopic (exact) mass is 484 g/mol. The number of aliphatic hydroxyl groups is 1. The van der Waals surface area contributed by atoms with Crippen LogP contribution in [0.2, 0.25) is 0 Å². The lowest BCUT2D eigenvalue weighted by atomic mass is 10.1. The largest absolute Gasteiger partial charge is 0.496 e. The molecule has 0 bridgehead atoms. The van der Waals surface area contributed by atoms with Gasteiger partial charge in [0.15, 0.2) is 17.6 Å². The predicted octanol–water partition coefficient (Wildman–Crippen LogP) is 2.71. The summed E-state index contributed by atoms with van der Waals surface area (Å²) in [5, 5.41) is 9.41. The van der Waals surface area contributed by atoms with Gasteiger partial charge >= 0.3 is 0 Å². The van der Waals surface area contributed by atoms with E-state index in [0.717, 1.165) is 23.4 Å². The van der Waals surface area contributed by atoms with Gasteiger partial charge in [0, 0.05) is 38.3 Å². The molecule has 2 aromatic rings. The molecule has 2 aliphatic rings. The summed E-state index contributed by atoms with van der Waals surface area (Å²) in [4.78, 5) is 17.7. The van der Waals surface area contributed by atoms with Crippen LogP contribution in [0.15, 0.2) is 42.5 Å². The van der Waals surface area contributed by atoms with Gasteiger partial charge in [0.25, 0.3) is 5.91 Å². The Morgan fingerprint density at radius 2 is 2.06 bits per heavy atom. The molecule has 0 radical (unpaired) electrons. The van der Waals surface area contributed by atoms with E-state index in [9.17, 15) is 9.90 Å². The molecule has 2 unspecified atom stereocenters. The number of para-hydroxylation sites is 1. The number of aliphatic hydroxyl groups excluding tert-OH is 1. The van der Waals surface area contributed by atoms with Crippen LogP contribution < -0.4 is 14.2 Å². The molecule has 2 atom stereocenters. The summed E-state index contributed by atoms with van der Waals surface area (Å²) in [6.45, 7) is 8.01. The van der Waals surface area contributed by atoms with Crippen LogP contribution in [0.1, 0.15) is 25.0 Å². The number of ether oxygens (including phenoxy) is 4. The average Bonchev–Trinajstić information content (AvgIpc) is 2.87. The fourth-order valence-corrected chi connectivity index (χ4v) is 4.52. The van der Waals surface area contributed by atoms with Crippen molar-refractivity contribution in [2.24, 2.45) is 5.92 Å². The first-order valence-electron chi connectivity index (χ1n) is 12.2. The van der Waals surface area contributed by atoms with E-state index >= 15 is 0 Å². The lowest BCUT2D eigenvalue weighted by Gasteiger charge is -2.36. The molecular weight excluding hydrogens is 448 g/mol. The quantitative estimate of drug-likeness (QED) is 0.586. The molecule has 1 N–H and O–H groups in total. The van der Waals surface area contributed by atoms with Crippen molar-refractivity contribution < 1.29 is 28.8 Å². The van der Waals surface area contributed by atoms with E-state index in [-0.39, 0.29) is 18.6 Å². The summed E-state index contributed by atoms with van der Waals surface area (Å²) >= 11 is 0. The minimum absolute atomic E-state index is 0.00782. The molecule has 35 heavy (non-hydrogen) atoms. The summed E-state index contributed by atoms with van der Waals surface area (Å²) in [7, 11) is 1.68. The zero-order valence-electron chi connectivity index (χ0n) is 20.8. The van der Waals surface area contributed by atoms with Crippen molar-refractivity contribution in [2.45, 2.75) is 39.1 Å². The molecule has 2 heterocycles. The van der Waals surface area contributed by atoms with Gasteiger partial charge in [-0.05, 0) is 29.7 Å². The van der Waals surface area contributed by atoms with Crippen LogP contribution in [0.4, 0.5) is 0 Å². The number of carbonyl (C=O) groups excluding carboxylic acids is 1. The number of morpholine rings is 1. The van der Waals surface area contributed by atoms with Crippen molar-refractivity contribution in [3.8, 4) is 17.2 Å². The van der Waals surface area contributed by atoms with Crippen molar-refractivity contribution in [1.29, 1.82) is 0 Å². The standard InChI is InChI=1S/C27H36N2O6/c1-19(2)13-29(14-20-8-9-24-25(12-20)35-22(17-30)18-34-24)27(31)26-16-28(10-11-33-26)15-21-6-4-5-7-23(21)32-3/h4-9,12,19,22,26,30H,10-11,13-18H2,1-3H3. The van der Waals surface area contributed by atoms with Crippen LogP contribution >= 0.6 is 0 Å². The lowest BCUT2D eigenvalue weighted by molar-refractivity contribution is -0.151. The molecule has 8 nitrogen and oxygen atoms in total. The maximum Gasteiger partial charge on any atom is 0.253 e. The summed E-state index contributed by atoms with van der Waals surface area (Å²) in [6.07, 6.45) is -0.899. The van der Waals surface area contributed by atoms with E-state index in [0.29, 0.717) is 56.8 Å². The molecule has 4 rings (SSSR count). The van der Waals surface area contributed by atoms with Crippen molar-refractivity contribution in [3.63, 3.8) is 0 Å². The van der Waals surface area contributed by atoms with Crippen LogP contribution in [0.25, 0.3) is 0 Å². The smallest absolute Gasteiger partial charge is 0.253 e. The van der Waals surface area contributed by atoms with Gasteiger partial charge in [-0.15, -0.1) is 0 Å². The van der Waals surface area contributed by atoms with E-state index in [2.05, 4.69) is 24.8 Å². The number of methoxy groups -OCH3 is 1. The molecule has 0 aliphatic carbocycles. The maximum absolute atomic E-state index is 13.6. The zero-order valence-corrected chi connectivity index (χ0v) is 20.8. The van der Waals surface area contributed by atoms with Gasteiger partial charge in [0.05, 0.1) is 20.3 Å². The van der Waals surface area contributed by atoms with E-state index in [1.807, 2.05) is 41.3 Å². The van der Waals surface area contributed by atoms with Gasteiger partial charge in [-0.25, -0.2) is 0 Å². The van der Waals surface area contributed by atoms with Gasteiger partial charge in [-0.1, -0.05) is 38.1 Å². The minimum Gasteiger partial charge on any atom is -0.496 e. The SMILES string of the molecule is COc1ccccc1CN1CCOC(C(=O)N(Cc2ccc3c(c2)OC(CO)CO3)CC(C)C)C1. The van der Waals surface area contributed by atoms with E-state index in [1.165, 1.54) is 0 Å². The first kappa shape index (κ1) is 25.3. The third kappa shape index (κ3) is 6.45. The molecular formula is C27H36N2O6. The van der Waals surface area contributed by atoms with Crippen molar-refractivity contribution in [3.05, 3.63) is 53.6 Å². The fraction of sp³-hybridized carbons (Fsp3) is 0.519. The van der Waals surface area contributed by atoms with Crippen molar-refractivity contribution in [2.75, 3.05) is 46.6 Å². The molecule has 1 saturated heterocycles. The number of fused-ring (bicyclic) bond motifs is 1. The third-order valence-electron chi connectivity index (χ3n) is 6.21. The van der Waals surface area contributed by atoms with Gasteiger partial charge in [-0.2, -0.15) is 0 Å². The molecule has 0 saturated carbocycles. The number of hydrogen-bond donors (Lipinski definition) is 1. The Balaban J connectivity index is 1.45. The van der Waals surface area contributed by atoms with Gasteiger partial charge < -0.3 is 29.0 Å². The maximum atomic E-state index is 13.6. The van der Waals surface area contributed by atoms with Gasteiger partial charge in [-0.3, -0.25) is 9.69 Å². The summed E-state index contributed by atoms with van der Waals surface area (Å²) in [5.41, 5.74) is 2.04. The number of carbonyl (C=O) groups is 1. The summed E-state index contributed by atoms with van der Waals surface area (Å²) < 4.78 is 22.9. The molecule has 2 aromatic carbocycles. The molecule has 2 aliphatic heterocycles. The Morgan fingerprint density at radius 3 is 2.83 bits per heavy atom. The van der Waals surface area contributed by atoms with E-state index < -0.39 is 6.10 Å². The fourth-order valence-electron chi connectivity index (χ4n) is 4.52. The molecule has 0 spiro atoms. The average molecular weight is 485 g/mol. The number of nitrogens with zero attached hydrogens (tertiary/aromatic N) is 2. The number of rotatable bonds is 9. The zero-order chi connectivity index (χ0) is 24.8. The van der Waals surface area contributed by atoms with E-state index in [4.69, 9.17) is 18.9 Å². The number of benzene rings is 2. The third-order valence-corrected chi connectivity index (χ3v) is 6.21. The lowest BCUT2D eigenvalue weighted by Crippen LogP contribution is -2.51. The highest BCUT2D eigenvalue weighted by Gasteiger charge is 2.31. The van der Waals surface area contributed by atoms with E-state index in [1.54, 1.807) is 7.11 Å².